The van der Waals surface area contributed by atoms with Crippen molar-refractivity contribution in [1.29, 1.82) is 0 Å². The number of nitrogens with zero attached hydrogens (tertiary/aromatic N) is 3. The van der Waals surface area contributed by atoms with E-state index in [9.17, 15) is 9.59 Å². The quantitative estimate of drug-likeness (QED) is 0.798. The van der Waals surface area contributed by atoms with E-state index in [0.717, 1.165) is 31.5 Å². The van der Waals surface area contributed by atoms with Gasteiger partial charge < -0.3 is 20.3 Å². The Kier molecular flexibility index (Phi) is 6.21. The molecule has 2 N–H and O–H groups in total. The van der Waals surface area contributed by atoms with Crippen LogP contribution in [0.25, 0.3) is 0 Å². The van der Waals surface area contributed by atoms with Crippen LogP contribution in [-0.2, 0) is 16.0 Å². The molecule has 0 saturated carbocycles. The van der Waals surface area contributed by atoms with Gasteiger partial charge in [0.15, 0.2) is 5.69 Å². The molecule has 1 atom stereocenters. The summed E-state index contributed by atoms with van der Waals surface area (Å²) in [6.45, 7) is 4.42. The Morgan fingerprint density at radius 2 is 1.97 bits per heavy atom. The van der Waals surface area contributed by atoms with Crippen LogP contribution in [0.15, 0.2) is 36.5 Å². The Balaban J connectivity index is 1.32. The number of benzene rings is 1. The largest absolute Gasteiger partial charge is 0.378 e. The van der Waals surface area contributed by atoms with E-state index in [1.54, 1.807) is 6.07 Å². The van der Waals surface area contributed by atoms with Crippen molar-refractivity contribution in [3.8, 4) is 0 Å². The topological polar surface area (TPSA) is 88.5 Å². The van der Waals surface area contributed by atoms with Gasteiger partial charge in [-0.3, -0.25) is 14.3 Å². The highest BCUT2D eigenvalue weighted by Gasteiger charge is 2.19. The summed E-state index contributed by atoms with van der Waals surface area (Å²) in [5.74, 6) is -0.127. The first kappa shape index (κ1) is 19.6. The van der Waals surface area contributed by atoms with E-state index in [2.05, 4.69) is 15.7 Å². The highest BCUT2D eigenvalue weighted by molar-refractivity contribution is 6.02. The van der Waals surface area contributed by atoms with Gasteiger partial charge in [-0.15, -0.1) is 0 Å². The molecular weight excluding hydrogens is 370 g/mol. The predicted octanol–water partition coefficient (Wildman–Crippen LogP) is 1.46. The summed E-state index contributed by atoms with van der Waals surface area (Å²) < 4.78 is 7.16. The maximum Gasteiger partial charge on any atom is 0.276 e. The zero-order valence-corrected chi connectivity index (χ0v) is 16.5. The second-order valence-corrected chi connectivity index (χ2v) is 7.50. The summed E-state index contributed by atoms with van der Waals surface area (Å²) in [5, 5.41) is 10.7. The number of morpholine rings is 1. The number of amides is 2. The molecule has 29 heavy (non-hydrogen) atoms. The molecule has 1 unspecified atom stereocenters. The fourth-order valence-electron chi connectivity index (χ4n) is 3.72. The average molecular weight is 397 g/mol. The number of ether oxygens (including phenoxy) is 1. The van der Waals surface area contributed by atoms with Crippen LogP contribution in [0.5, 0.6) is 0 Å². The van der Waals surface area contributed by atoms with Crippen LogP contribution in [0, 0.1) is 0 Å². The molecule has 2 saturated heterocycles. The molecule has 0 aliphatic carbocycles. The van der Waals surface area contributed by atoms with E-state index in [1.807, 2.05) is 40.0 Å². The summed E-state index contributed by atoms with van der Waals surface area (Å²) in [6.07, 6.45) is 4.41. The highest BCUT2D eigenvalue weighted by Crippen LogP contribution is 2.17. The van der Waals surface area contributed by atoms with Crippen molar-refractivity contribution in [2.24, 2.45) is 0 Å². The third-order valence-electron chi connectivity index (χ3n) is 5.42. The molecule has 2 aliphatic heterocycles. The molecule has 0 radical (unpaired) electrons. The zero-order valence-electron chi connectivity index (χ0n) is 16.5. The van der Waals surface area contributed by atoms with Crippen molar-refractivity contribution < 1.29 is 14.3 Å². The normalized spacial score (nSPS) is 19.7. The second kappa shape index (κ2) is 9.19. The summed E-state index contributed by atoms with van der Waals surface area (Å²) in [7, 11) is 0. The van der Waals surface area contributed by atoms with Gasteiger partial charge in [-0.2, -0.15) is 5.10 Å². The Bertz CT molecular complexity index is 836. The van der Waals surface area contributed by atoms with E-state index >= 15 is 0 Å². The van der Waals surface area contributed by atoms with E-state index in [4.69, 9.17) is 4.74 Å². The predicted molar refractivity (Wildman–Crippen MR) is 109 cm³/mol. The van der Waals surface area contributed by atoms with Crippen LogP contribution in [0.3, 0.4) is 0 Å². The Hall–Kier alpha value is -2.71. The number of carbonyl (C=O) groups is 2. The van der Waals surface area contributed by atoms with Gasteiger partial charge in [0, 0.05) is 31.5 Å². The molecule has 154 valence electrons. The fraction of sp³-hybridized carbons (Fsp3) is 0.476. The smallest absolute Gasteiger partial charge is 0.276 e. The molecule has 4 rings (SSSR count). The van der Waals surface area contributed by atoms with Crippen molar-refractivity contribution in [3.63, 3.8) is 0 Å². The van der Waals surface area contributed by atoms with Gasteiger partial charge in [0.2, 0.25) is 5.91 Å². The van der Waals surface area contributed by atoms with Crippen LogP contribution in [-0.4, -0.2) is 65.9 Å². The maximum atomic E-state index is 12.5. The number of hydrogen-bond acceptors (Lipinski definition) is 5. The zero-order chi connectivity index (χ0) is 20.1. The maximum absolute atomic E-state index is 12.5. The Morgan fingerprint density at radius 1 is 1.17 bits per heavy atom. The number of aromatic nitrogens is 2. The van der Waals surface area contributed by atoms with Gasteiger partial charge in [0.05, 0.1) is 25.7 Å². The molecule has 0 bridgehead atoms. The fourth-order valence-corrected chi connectivity index (χ4v) is 3.72. The van der Waals surface area contributed by atoms with Crippen molar-refractivity contribution in [1.82, 2.24) is 20.0 Å². The Morgan fingerprint density at radius 3 is 2.69 bits per heavy atom. The first-order chi connectivity index (χ1) is 14.2. The number of rotatable bonds is 5. The minimum absolute atomic E-state index is 0.104. The first-order valence-corrected chi connectivity index (χ1v) is 10.2. The lowest BCUT2D eigenvalue weighted by Gasteiger charge is -2.26. The van der Waals surface area contributed by atoms with E-state index < -0.39 is 0 Å². The molecule has 2 aliphatic rings. The standard InChI is InChI=1S/C21H27N5O3/c27-20(25-10-12-29-13-11-25)14-16-3-5-17(6-4-16)23-21(28)19-7-9-26(24-19)18-2-1-8-22-15-18/h3-7,9,18,22H,1-2,8,10-15H2,(H,23,28). The Labute approximate surface area is 170 Å². The third kappa shape index (κ3) is 5.02. The van der Waals surface area contributed by atoms with Crippen molar-refractivity contribution >= 4 is 17.5 Å². The molecule has 1 aromatic heterocycles. The SMILES string of the molecule is O=C(Nc1ccc(CC(=O)N2CCOCC2)cc1)c1ccn(C2CCCNC2)n1. The highest BCUT2D eigenvalue weighted by atomic mass is 16.5. The second-order valence-electron chi connectivity index (χ2n) is 7.50. The number of hydrogen-bond donors (Lipinski definition) is 2. The van der Waals surface area contributed by atoms with Crippen molar-refractivity contribution in [2.45, 2.75) is 25.3 Å². The molecule has 2 amide bonds. The molecule has 8 heteroatoms. The van der Waals surface area contributed by atoms with E-state index in [1.165, 1.54) is 0 Å². The van der Waals surface area contributed by atoms with Crippen molar-refractivity contribution in [2.75, 3.05) is 44.7 Å². The van der Waals surface area contributed by atoms with Crippen molar-refractivity contribution in [3.05, 3.63) is 47.8 Å². The van der Waals surface area contributed by atoms with E-state index in [-0.39, 0.29) is 11.8 Å². The van der Waals surface area contributed by atoms with Crippen LogP contribution in [0.4, 0.5) is 5.69 Å². The van der Waals surface area contributed by atoms with Crippen LogP contribution in [0.2, 0.25) is 0 Å². The summed E-state index contributed by atoms with van der Waals surface area (Å²) in [4.78, 5) is 26.7. The lowest BCUT2D eigenvalue weighted by atomic mass is 10.1. The minimum atomic E-state index is -0.232. The average Bonchev–Trinajstić information content (AvgIpc) is 3.27. The van der Waals surface area contributed by atoms with Crippen LogP contribution >= 0.6 is 0 Å². The molecule has 2 fully saturated rings. The molecule has 2 aromatic rings. The third-order valence-corrected chi connectivity index (χ3v) is 5.42. The van der Waals surface area contributed by atoms with E-state index in [0.29, 0.717) is 50.1 Å². The van der Waals surface area contributed by atoms with Gasteiger partial charge in [-0.05, 0) is 43.1 Å². The van der Waals surface area contributed by atoms with Gasteiger partial charge in [-0.25, -0.2) is 0 Å². The number of anilines is 1. The monoisotopic (exact) mass is 397 g/mol. The van der Waals surface area contributed by atoms with Gasteiger partial charge >= 0.3 is 0 Å². The number of piperidine rings is 1. The van der Waals surface area contributed by atoms with Crippen LogP contribution < -0.4 is 10.6 Å². The van der Waals surface area contributed by atoms with Gasteiger partial charge in [0.25, 0.3) is 5.91 Å². The summed E-state index contributed by atoms with van der Waals surface area (Å²) in [6, 6.07) is 9.44. The van der Waals surface area contributed by atoms with Crippen LogP contribution in [0.1, 0.15) is 34.9 Å². The van der Waals surface area contributed by atoms with Gasteiger partial charge in [-0.1, -0.05) is 12.1 Å². The lowest BCUT2D eigenvalue weighted by Crippen LogP contribution is -2.41. The minimum Gasteiger partial charge on any atom is -0.378 e. The number of carbonyl (C=O) groups excluding carboxylic acids is 2. The molecule has 0 spiro atoms. The molecule has 8 nitrogen and oxygen atoms in total. The summed E-state index contributed by atoms with van der Waals surface area (Å²) in [5.41, 5.74) is 2.02. The summed E-state index contributed by atoms with van der Waals surface area (Å²) >= 11 is 0. The molecule has 3 heterocycles. The molecule has 1 aromatic carbocycles. The first-order valence-electron chi connectivity index (χ1n) is 10.2. The lowest BCUT2D eigenvalue weighted by molar-refractivity contribution is -0.134. The number of nitrogens with one attached hydrogen (secondary N) is 2. The molecular formula is C21H27N5O3. The van der Waals surface area contributed by atoms with Gasteiger partial charge in [0.1, 0.15) is 0 Å².